The van der Waals surface area contributed by atoms with Crippen molar-refractivity contribution < 1.29 is 26.8 Å². The highest BCUT2D eigenvalue weighted by Gasteiger charge is 2.45. The van der Waals surface area contributed by atoms with Crippen LogP contribution in [0.2, 0.25) is 0 Å². The molecule has 0 aliphatic carbocycles. The van der Waals surface area contributed by atoms with Crippen molar-refractivity contribution in [1.29, 1.82) is 0 Å². The molecule has 11 heteroatoms. The molecule has 0 spiro atoms. The van der Waals surface area contributed by atoms with Gasteiger partial charge < -0.3 is 20.0 Å². The number of hydrogen-bond donors (Lipinski definition) is 2. The van der Waals surface area contributed by atoms with Crippen LogP contribution in [0.1, 0.15) is 31.2 Å². The Labute approximate surface area is 180 Å². The highest BCUT2D eigenvalue weighted by atomic mass is 19.3. The molecule has 3 aromatic rings. The quantitative estimate of drug-likeness (QED) is 0.546. The third-order valence-electron chi connectivity index (χ3n) is 5.25. The van der Waals surface area contributed by atoms with Crippen molar-refractivity contribution in [2.45, 2.75) is 32.7 Å². The predicted octanol–water partition coefficient (Wildman–Crippen LogP) is 4.78. The summed E-state index contributed by atoms with van der Waals surface area (Å²) in [6.45, 7) is 4.46. The second-order valence-corrected chi connectivity index (χ2v) is 8.16. The number of furan rings is 1. The van der Waals surface area contributed by atoms with Crippen molar-refractivity contribution in [3.05, 3.63) is 47.5 Å². The van der Waals surface area contributed by atoms with Crippen LogP contribution in [-0.2, 0) is 0 Å². The van der Waals surface area contributed by atoms with Gasteiger partial charge in [-0.3, -0.25) is 0 Å². The maximum Gasteiger partial charge on any atom is 0.319 e. The smallest absolute Gasteiger partial charge is 0.319 e. The Morgan fingerprint density at radius 3 is 2.44 bits per heavy atom. The number of carbonyl (C=O) groups excluding carboxylic acids is 1. The van der Waals surface area contributed by atoms with Gasteiger partial charge in [-0.25, -0.2) is 32.3 Å². The molecule has 2 aromatic heterocycles. The van der Waals surface area contributed by atoms with Gasteiger partial charge in [-0.05, 0) is 18.9 Å². The molecule has 1 aliphatic heterocycles. The molecule has 1 fully saturated rings. The van der Waals surface area contributed by atoms with Crippen molar-refractivity contribution in [3.63, 3.8) is 0 Å². The molecule has 1 aliphatic rings. The lowest BCUT2D eigenvalue weighted by molar-refractivity contribution is -0.0271. The fraction of sp³-hybridized carbons (Fsp3) is 0.381. The topological polar surface area (TPSA) is 83.3 Å². The lowest BCUT2D eigenvalue weighted by Gasteiger charge is -2.38. The Morgan fingerprint density at radius 2 is 1.84 bits per heavy atom. The number of aromatic nitrogens is 2. The molecule has 0 bridgehead atoms. The molecule has 4 rings (SSSR count). The van der Waals surface area contributed by atoms with Gasteiger partial charge >= 0.3 is 6.03 Å². The lowest BCUT2D eigenvalue weighted by Crippen LogP contribution is -2.57. The summed E-state index contributed by atoms with van der Waals surface area (Å²) < 4.78 is 59.4. The average molecular weight is 451 g/mol. The number of halogens is 4. The molecule has 2 N–H and O–H groups in total. The molecular formula is C21H21F4N5O2. The molecule has 7 nitrogen and oxygen atoms in total. The molecule has 1 saturated heterocycles. The van der Waals surface area contributed by atoms with Gasteiger partial charge in [0.1, 0.15) is 11.6 Å². The van der Waals surface area contributed by atoms with Crippen LogP contribution >= 0.6 is 0 Å². The van der Waals surface area contributed by atoms with Crippen molar-refractivity contribution in [2.75, 3.05) is 23.3 Å². The predicted molar refractivity (Wildman–Crippen MR) is 110 cm³/mol. The number of hydrogen-bond acceptors (Lipinski definition) is 5. The van der Waals surface area contributed by atoms with E-state index in [0.29, 0.717) is 16.7 Å². The van der Waals surface area contributed by atoms with Crippen LogP contribution in [0.25, 0.3) is 11.0 Å². The van der Waals surface area contributed by atoms with E-state index in [-0.39, 0.29) is 23.1 Å². The summed E-state index contributed by atoms with van der Waals surface area (Å²) in [5.74, 6) is -3.95. The Hall–Kier alpha value is -3.37. The van der Waals surface area contributed by atoms with E-state index >= 15 is 0 Å². The van der Waals surface area contributed by atoms with Crippen LogP contribution in [0, 0.1) is 24.5 Å². The first-order valence-corrected chi connectivity index (χ1v) is 9.94. The molecule has 170 valence electrons. The van der Waals surface area contributed by atoms with Crippen LogP contribution in [0.15, 0.2) is 28.9 Å². The Balaban J connectivity index is 1.48. The monoisotopic (exact) mass is 451 g/mol. The number of carbonyl (C=O) groups is 1. The van der Waals surface area contributed by atoms with E-state index < -0.39 is 42.7 Å². The zero-order valence-corrected chi connectivity index (χ0v) is 17.5. The summed E-state index contributed by atoms with van der Waals surface area (Å²) in [4.78, 5) is 21.9. The fourth-order valence-corrected chi connectivity index (χ4v) is 3.60. The standard InChI is InChI=1S/C21H21F4N5O2/c1-10(2)16(17-11(3)14-4-12(22)5-15(23)18(14)32-17)29-20(31)28-13-6-26-19(27-7-13)30-8-21(24,25)9-30/h4-7,10,16H,8-9H2,1-3H3,(H2,28,29,31)/t16-/m1/s1. The van der Waals surface area contributed by atoms with Gasteiger partial charge in [0, 0.05) is 17.0 Å². The minimum absolute atomic E-state index is 0.0766. The number of rotatable bonds is 5. The van der Waals surface area contributed by atoms with Crippen molar-refractivity contribution in [3.8, 4) is 0 Å². The minimum Gasteiger partial charge on any atom is -0.455 e. The number of urea groups is 1. The van der Waals surface area contributed by atoms with Gasteiger partial charge in [0.2, 0.25) is 5.95 Å². The van der Waals surface area contributed by atoms with Gasteiger partial charge in [0.15, 0.2) is 11.4 Å². The average Bonchev–Trinajstić information content (AvgIpc) is 3.01. The molecule has 32 heavy (non-hydrogen) atoms. The summed E-state index contributed by atoms with van der Waals surface area (Å²) in [5.41, 5.74) is 0.708. The zero-order chi connectivity index (χ0) is 23.2. The third-order valence-corrected chi connectivity index (χ3v) is 5.25. The second-order valence-electron chi connectivity index (χ2n) is 8.16. The molecule has 3 heterocycles. The first-order valence-electron chi connectivity index (χ1n) is 9.94. The van der Waals surface area contributed by atoms with Gasteiger partial charge in [-0.15, -0.1) is 0 Å². The molecular weight excluding hydrogens is 430 g/mol. The van der Waals surface area contributed by atoms with Crippen molar-refractivity contribution in [1.82, 2.24) is 15.3 Å². The molecule has 2 amide bonds. The molecule has 0 unspecified atom stereocenters. The first-order chi connectivity index (χ1) is 15.0. The normalized spacial score (nSPS) is 16.2. The van der Waals surface area contributed by atoms with Gasteiger partial charge in [-0.2, -0.15) is 0 Å². The third kappa shape index (κ3) is 4.19. The van der Waals surface area contributed by atoms with E-state index in [4.69, 9.17) is 4.42 Å². The van der Waals surface area contributed by atoms with Crippen molar-refractivity contribution >= 4 is 28.6 Å². The van der Waals surface area contributed by atoms with E-state index in [1.807, 2.05) is 13.8 Å². The number of aryl methyl sites for hydroxylation is 1. The molecule has 1 aromatic carbocycles. The highest BCUT2D eigenvalue weighted by Crippen LogP contribution is 2.35. The first kappa shape index (κ1) is 21.8. The Bertz CT molecular complexity index is 1160. The summed E-state index contributed by atoms with van der Waals surface area (Å²) >= 11 is 0. The number of nitrogens with one attached hydrogen (secondary N) is 2. The van der Waals surface area contributed by atoms with Gasteiger partial charge in [0.05, 0.1) is 37.2 Å². The van der Waals surface area contributed by atoms with Crippen LogP contribution in [-0.4, -0.2) is 35.0 Å². The van der Waals surface area contributed by atoms with Gasteiger partial charge in [0.25, 0.3) is 5.92 Å². The van der Waals surface area contributed by atoms with Crippen LogP contribution in [0.5, 0.6) is 0 Å². The van der Waals surface area contributed by atoms with Crippen molar-refractivity contribution in [2.24, 2.45) is 5.92 Å². The number of fused-ring (bicyclic) bond motifs is 1. The van der Waals surface area contributed by atoms with Crippen LogP contribution in [0.4, 0.5) is 34.0 Å². The van der Waals surface area contributed by atoms with E-state index in [0.717, 1.165) is 6.07 Å². The zero-order valence-electron chi connectivity index (χ0n) is 17.5. The molecule has 0 saturated carbocycles. The van der Waals surface area contributed by atoms with Gasteiger partial charge in [-0.1, -0.05) is 13.8 Å². The van der Waals surface area contributed by atoms with E-state index in [2.05, 4.69) is 20.6 Å². The Morgan fingerprint density at radius 1 is 1.19 bits per heavy atom. The number of amides is 2. The number of alkyl halides is 2. The summed E-state index contributed by atoms with van der Waals surface area (Å²) in [6.07, 6.45) is 2.63. The summed E-state index contributed by atoms with van der Waals surface area (Å²) in [5, 5.41) is 5.63. The Kier molecular flexibility index (Phi) is 5.43. The SMILES string of the molecule is Cc1c([C@H](NC(=O)Nc2cnc(N3CC(F)(F)C3)nc2)C(C)C)oc2c(F)cc(F)cc12. The number of nitrogens with zero attached hydrogens (tertiary/aromatic N) is 3. The summed E-state index contributed by atoms with van der Waals surface area (Å²) in [7, 11) is 0. The molecule has 0 radical (unpaired) electrons. The highest BCUT2D eigenvalue weighted by molar-refractivity contribution is 5.89. The van der Waals surface area contributed by atoms with Crippen LogP contribution in [0.3, 0.4) is 0 Å². The largest absolute Gasteiger partial charge is 0.455 e. The number of benzene rings is 1. The number of anilines is 2. The van der Waals surface area contributed by atoms with E-state index in [1.165, 1.54) is 23.4 Å². The lowest BCUT2D eigenvalue weighted by atomic mass is 9.98. The fourth-order valence-electron chi connectivity index (χ4n) is 3.60. The van der Waals surface area contributed by atoms with E-state index in [1.54, 1.807) is 6.92 Å². The summed E-state index contributed by atoms with van der Waals surface area (Å²) in [6, 6.07) is 0.700. The van der Waals surface area contributed by atoms with Crippen LogP contribution < -0.4 is 15.5 Å². The molecule has 1 atom stereocenters. The van der Waals surface area contributed by atoms with E-state index in [9.17, 15) is 22.4 Å². The maximum atomic E-state index is 14.1. The second kappa shape index (κ2) is 7.95. The maximum absolute atomic E-state index is 14.1. The minimum atomic E-state index is -2.74.